The minimum Gasteiger partial charge on any atom is -0.380 e. The van der Waals surface area contributed by atoms with E-state index in [2.05, 4.69) is 52.7 Å². The van der Waals surface area contributed by atoms with E-state index in [1.165, 1.54) is 55.4 Å². The summed E-state index contributed by atoms with van der Waals surface area (Å²) in [6, 6.07) is 4.28. The number of hydrogen-bond donors (Lipinski definition) is 2. The van der Waals surface area contributed by atoms with Crippen molar-refractivity contribution in [2.45, 2.75) is 64.2 Å². The molecule has 5 heteroatoms. The van der Waals surface area contributed by atoms with Gasteiger partial charge < -0.3 is 5.73 Å². The molecular formula is C20H28N4S. The molecule has 0 spiro atoms. The van der Waals surface area contributed by atoms with Crippen molar-refractivity contribution in [3.05, 3.63) is 40.8 Å². The van der Waals surface area contributed by atoms with E-state index in [9.17, 15) is 0 Å². The van der Waals surface area contributed by atoms with E-state index in [4.69, 9.17) is 5.73 Å². The molecular weight excluding hydrogens is 328 g/mol. The second-order valence-electron chi connectivity index (χ2n) is 6.76. The maximum atomic E-state index is 5.84. The summed E-state index contributed by atoms with van der Waals surface area (Å²) in [4.78, 5) is 2.44. The number of allylic oxidation sites excluding steroid dienone is 4. The summed E-state index contributed by atoms with van der Waals surface area (Å²) in [6.45, 7) is 2.27. The normalized spacial score (nSPS) is 17.0. The Morgan fingerprint density at radius 1 is 1.16 bits per heavy atom. The van der Waals surface area contributed by atoms with Gasteiger partial charge in [-0.25, -0.2) is 0 Å². The van der Waals surface area contributed by atoms with Crippen LogP contribution >= 0.6 is 11.3 Å². The highest BCUT2D eigenvalue weighted by molar-refractivity contribution is 7.15. The second-order valence-corrected chi connectivity index (χ2v) is 7.87. The standard InChI is InChI=1S/C20H28N4S/c1-2-3-4-5-6-7-8-15-9-11-16(12-10-15)17-13-14-18(25-17)19-20(21)23-24-22-19/h9-11,13-14,16H,2-8,12H2,1H3,(H3,21,22,23,24). The van der Waals surface area contributed by atoms with Crippen molar-refractivity contribution in [1.29, 1.82) is 0 Å². The number of unbranched alkanes of at least 4 members (excludes halogenated alkanes) is 5. The van der Waals surface area contributed by atoms with E-state index in [1.54, 1.807) is 11.3 Å². The number of nitrogens with zero attached hydrogens (tertiary/aromatic N) is 2. The van der Waals surface area contributed by atoms with Crippen LogP contribution in [0.4, 0.5) is 5.82 Å². The molecule has 0 bridgehead atoms. The lowest BCUT2D eigenvalue weighted by Gasteiger charge is -2.15. The van der Waals surface area contributed by atoms with Crippen molar-refractivity contribution < 1.29 is 0 Å². The Balaban J connectivity index is 1.48. The van der Waals surface area contributed by atoms with Gasteiger partial charge in [0.1, 0.15) is 5.69 Å². The van der Waals surface area contributed by atoms with Gasteiger partial charge in [-0.2, -0.15) is 10.3 Å². The fraction of sp³-hybridized carbons (Fsp3) is 0.500. The Morgan fingerprint density at radius 3 is 2.72 bits per heavy atom. The summed E-state index contributed by atoms with van der Waals surface area (Å²) >= 11 is 1.76. The average Bonchev–Trinajstić information content (AvgIpc) is 3.27. The molecule has 3 rings (SSSR count). The molecule has 4 nitrogen and oxygen atoms in total. The summed E-state index contributed by atoms with van der Waals surface area (Å²) in [7, 11) is 0. The van der Waals surface area contributed by atoms with Crippen LogP contribution in [0.5, 0.6) is 0 Å². The van der Waals surface area contributed by atoms with Gasteiger partial charge >= 0.3 is 0 Å². The van der Waals surface area contributed by atoms with Crippen LogP contribution in [0.2, 0.25) is 0 Å². The fourth-order valence-corrected chi connectivity index (χ4v) is 4.37. The summed E-state index contributed by atoms with van der Waals surface area (Å²) < 4.78 is 0. The molecule has 0 saturated carbocycles. The Hall–Kier alpha value is -1.88. The van der Waals surface area contributed by atoms with Crippen LogP contribution in [-0.4, -0.2) is 15.4 Å². The van der Waals surface area contributed by atoms with Crippen LogP contribution in [0.15, 0.2) is 35.9 Å². The molecule has 0 amide bonds. The zero-order chi connectivity index (χ0) is 17.5. The first-order chi connectivity index (χ1) is 12.3. The van der Waals surface area contributed by atoms with Crippen molar-refractivity contribution >= 4 is 17.2 Å². The number of anilines is 1. The molecule has 2 aromatic heterocycles. The number of rotatable bonds is 9. The van der Waals surface area contributed by atoms with Crippen LogP contribution in [0.25, 0.3) is 10.6 Å². The van der Waals surface area contributed by atoms with Gasteiger partial charge in [-0.1, -0.05) is 62.8 Å². The van der Waals surface area contributed by atoms with Crippen LogP contribution in [0, 0.1) is 0 Å². The van der Waals surface area contributed by atoms with E-state index >= 15 is 0 Å². The van der Waals surface area contributed by atoms with E-state index in [-0.39, 0.29) is 0 Å². The summed E-state index contributed by atoms with van der Waals surface area (Å²) in [5.74, 6) is 0.939. The van der Waals surface area contributed by atoms with Gasteiger partial charge in [0.15, 0.2) is 5.82 Å². The molecule has 0 aliphatic heterocycles. The van der Waals surface area contributed by atoms with Gasteiger partial charge in [0.05, 0.1) is 4.88 Å². The third-order valence-electron chi connectivity index (χ3n) is 4.80. The Kier molecular flexibility index (Phi) is 6.45. The molecule has 134 valence electrons. The van der Waals surface area contributed by atoms with Gasteiger partial charge in [0, 0.05) is 10.8 Å². The topological polar surface area (TPSA) is 67.6 Å². The monoisotopic (exact) mass is 356 g/mol. The largest absolute Gasteiger partial charge is 0.380 e. The lowest BCUT2D eigenvalue weighted by atomic mass is 9.93. The predicted molar refractivity (Wildman–Crippen MR) is 107 cm³/mol. The number of nitrogens with two attached hydrogens (primary N) is 1. The van der Waals surface area contributed by atoms with Gasteiger partial charge in [-0.3, -0.25) is 0 Å². The average molecular weight is 357 g/mol. The van der Waals surface area contributed by atoms with Crippen molar-refractivity contribution in [3.8, 4) is 10.6 Å². The number of aromatic nitrogens is 3. The van der Waals surface area contributed by atoms with Gasteiger partial charge in [-0.05, 0) is 31.4 Å². The molecule has 1 aliphatic carbocycles. The van der Waals surface area contributed by atoms with Crippen LogP contribution in [0.3, 0.4) is 0 Å². The number of nitrogens with one attached hydrogen (secondary N) is 1. The van der Waals surface area contributed by atoms with Crippen molar-refractivity contribution in [1.82, 2.24) is 15.4 Å². The molecule has 1 aliphatic rings. The number of aromatic amines is 1. The molecule has 2 aromatic rings. The van der Waals surface area contributed by atoms with E-state index < -0.39 is 0 Å². The molecule has 0 aromatic carbocycles. The SMILES string of the molecule is CCCCCCCCC1=CCC(c2ccc(-c3n[nH]nc3N)s2)C=C1. The van der Waals surface area contributed by atoms with Crippen LogP contribution < -0.4 is 5.73 Å². The van der Waals surface area contributed by atoms with Gasteiger partial charge in [-0.15, -0.1) is 16.4 Å². The summed E-state index contributed by atoms with van der Waals surface area (Å²) in [6.07, 6.45) is 17.6. The van der Waals surface area contributed by atoms with Crippen LogP contribution in [0.1, 0.15) is 69.1 Å². The smallest absolute Gasteiger partial charge is 0.174 e. The van der Waals surface area contributed by atoms with Crippen molar-refractivity contribution in [3.63, 3.8) is 0 Å². The zero-order valence-corrected chi connectivity index (χ0v) is 15.8. The minimum absolute atomic E-state index is 0.466. The molecule has 0 saturated heterocycles. The number of hydrogen-bond acceptors (Lipinski definition) is 4. The van der Waals surface area contributed by atoms with Gasteiger partial charge in [0.25, 0.3) is 0 Å². The lowest BCUT2D eigenvalue weighted by molar-refractivity contribution is 0.607. The Morgan fingerprint density at radius 2 is 2.00 bits per heavy atom. The third-order valence-corrected chi connectivity index (χ3v) is 6.02. The lowest BCUT2D eigenvalue weighted by Crippen LogP contribution is -1.96. The highest BCUT2D eigenvalue weighted by Crippen LogP contribution is 2.37. The maximum absolute atomic E-state index is 5.84. The van der Waals surface area contributed by atoms with Crippen molar-refractivity contribution in [2.75, 3.05) is 5.73 Å². The number of H-pyrrole nitrogens is 1. The van der Waals surface area contributed by atoms with E-state index in [0.29, 0.717) is 11.7 Å². The number of nitrogen functional groups attached to an aromatic ring is 1. The highest BCUT2D eigenvalue weighted by atomic mass is 32.1. The molecule has 0 radical (unpaired) electrons. The minimum atomic E-state index is 0.466. The molecule has 1 unspecified atom stereocenters. The quantitative estimate of drug-likeness (QED) is 0.555. The molecule has 3 N–H and O–H groups in total. The first kappa shape index (κ1) is 17.9. The van der Waals surface area contributed by atoms with E-state index in [1.807, 2.05) is 0 Å². The van der Waals surface area contributed by atoms with Crippen LogP contribution in [-0.2, 0) is 0 Å². The molecule has 1 atom stereocenters. The Labute approximate surface area is 154 Å². The maximum Gasteiger partial charge on any atom is 0.174 e. The van der Waals surface area contributed by atoms with Crippen molar-refractivity contribution in [2.24, 2.45) is 0 Å². The third kappa shape index (κ3) is 4.82. The predicted octanol–water partition coefficient (Wildman–Crippen LogP) is 5.84. The molecule has 0 fully saturated rings. The first-order valence-electron chi connectivity index (χ1n) is 9.41. The summed E-state index contributed by atoms with van der Waals surface area (Å²) in [5, 5.41) is 10.6. The first-order valence-corrected chi connectivity index (χ1v) is 10.2. The zero-order valence-electron chi connectivity index (χ0n) is 15.0. The molecule has 25 heavy (non-hydrogen) atoms. The summed E-state index contributed by atoms with van der Waals surface area (Å²) in [5.41, 5.74) is 8.11. The molecule has 2 heterocycles. The van der Waals surface area contributed by atoms with Gasteiger partial charge in [0.2, 0.25) is 0 Å². The highest BCUT2D eigenvalue weighted by Gasteiger charge is 2.16. The van der Waals surface area contributed by atoms with E-state index in [0.717, 1.165) is 17.0 Å². The Bertz CT molecular complexity index is 726. The number of thiophene rings is 1. The second kappa shape index (κ2) is 8.99. The fourth-order valence-electron chi connectivity index (χ4n) is 3.27.